The minimum atomic E-state index is -3.62. The predicted molar refractivity (Wildman–Crippen MR) is 119 cm³/mol. The van der Waals surface area contributed by atoms with Gasteiger partial charge < -0.3 is 14.8 Å². The van der Waals surface area contributed by atoms with Crippen molar-refractivity contribution in [2.45, 2.75) is 26.7 Å². The van der Waals surface area contributed by atoms with Crippen LogP contribution in [0.25, 0.3) is 0 Å². The van der Waals surface area contributed by atoms with Gasteiger partial charge in [-0.2, -0.15) is 0 Å². The third kappa shape index (κ3) is 7.59. The molecule has 0 aliphatic heterocycles. The van der Waals surface area contributed by atoms with Crippen molar-refractivity contribution >= 4 is 21.6 Å². The molecule has 2 aromatic rings. The average molecular weight is 435 g/mol. The van der Waals surface area contributed by atoms with Crippen LogP contribution >= 0.6 is 0 Å². The Morgan fingerprint density at radius 1 is 0.967 bits per heavy atom. The fourth-order valence-electron chi connectivity index (χ4n) is 2.86. The van der Waals surface area contributed by atoms with Crippen molar-refractivity contribution in [2.24, 2.45) is 0 Å². The summed E-state index contributed by atoms with van der Waals surface area (Å²) in [4.78, 5) is 12.3. The molecule has 1 amide bonds. The molecule has 0 spiro atoms. The van der Waals surface area contributed by atoms with Gasteiger partial charge in [-0.05, 0) is 55.3 Å². The molecule has 7 nitrogen and oxygen atoms in total. The summed E-state index contributed by atoms with van der Waals surface area (Å²) in [5.41, 5.74) is 1.66. The lowest BCUT2D eigenvalue weighted by Crippen LogP contribution is -2.41. The number of nitrogens with one attached hydrogen (secondary N) is 1. The van der Waals surface area contributed by atoms with Gasteiger partial charge in [-0.15, -0.1) is 0 Å². The number of carbonyl (C=O) groups excluding carboxylic acids is 1. The lowest BCUT2D eigenvalue weighted by Gasteiger charge is -2.22. The van der Waals surface area contributed by atoms with E-state index in [0.29, 0.717) is 24.7 Å². The van der Waals surface area contributed by atoms with Crippen molar-refractivity contribution in [2.75, 3.05) is 36.9 Å². The number of sulfonamides is 1. The van der Waals surface area contributed by atoms with E-state index < -0.39 is 15.9 Å². The highest BCUT2D eigenvalue weighted by Crippen LogP contribution is 2.21. The number of rotatable bonds is 12. The zero-order valence-electron chi connectivity index (χ0n) is 17.8. The van der Waals surface area contributed by atoms with Gasteiger partial charge in [0.2, 0.25) is 15.9 Å². The Bertz CT molecular complexity index is 896. The predicted octanol–water partition coefficient (Wildman–Crippen LogP) is 3.00. The van der Waals surface area contributed by atoms with E-state index in [1.165, 1.54) is 5.56 Å². The average Bonchev–Trinajstić information content (AvgIpc) is 2.71. The lowest BCUT2D eigenvalue weighted by atomic mass is 10.1. The molecular weight excluding hydrogens is 404 g/mol. The van der Waals surface area contributed by atoms with Crippen molar-refractivity contribution in [3.63, 3.8) is 0 Å². The van der Waals surface area contributed by atoms with Gasteiger partial charge in [0.05, 0.1) is 25.1 Å². The number of anilines is 1. The number of amides is 1. The summed E-state index contributed by atoms with van der Waals surface area (Å²) in [6.45, 7) is 4.78. The quantitative estimate of drug-likeness (QED) is 0.519. The SMILES string of the molecule is CCCc1ccc(OCCNC(=O)CN(c2ccc(OCC)cc2)S(C)(=O)=O)cc1. The van der Waals surface area contributed by atoms with Gasteiger partial charge in [0.15, 0.2) is 0 Å². The van der Waals surface area contributed by atoms with Crippen molar-refractivity contribution in [3.05, 3.63) is 54.1 Å². The molecule has 0 atom stereocenters. The Labute approximate surface area is 179 Å². The first-order valence-electron chi connectivity index (χ1n) is 10.0. The fraction of sp³-hybridized carbons (Fsp3) is 0.409. The van der Waals surface area contributed by atoms with E-state index in [2.05, 4.69) is 12.2 Å². The zero-order valence-corrected chi connectivity index (χ0v) is 18.6. The molecule has 0 aromatic heterocycles. The molecule has 0 bridgehead atoms. The van der Waals surface area contributed by atoms with Crippen LogP contribution < -0.4 is 19.1 Å². The molecule has 0 aliphatic rings. The zero-order chi connectivity index (χ0) is 22.0. The van der Waals surface area contributed by atoms with Crippen molar-refractivity contribution in [1.82, 2.24) is 5.32 Å². The van der Waals surface area contributed by atoms with E-state index in [9.17, 15) is 13.2 Å². The van der Waals surface area contributed by atoms with Gasteiger partial charge in [0.25, 0.3) is 0 Å². The second kappa shape index (κ2) is 11.4. The summed E-state index contributed by atoms with van der Waals surface area (Å²) in [5, 5.41) is 2.69. The van der Waals surface area contributed by atoms with Crippen LogP contribution in [0.4, 0.5) is 5.69 Å². The molecule has 8 heteroatoms. The van der Waals surface area contributed by atoms with Crippen molar-refractivity contribution < 1.29 is 22.7 Å². The highest BCUT2D eigenvalue weighted by atomic mass is 32.2. The third-order valence-electron chi connectivity index (χ3n) is 4.28. The number of nitrogens with zero attached hydrogens (tertiary/aromatic N) is 1. The minimum Gasteiger partial charge on any atom is -0.494 e. The van der Waals surface area contributed by atoms with E-state index in [1.807, 2.05) is 31.2 Å². The van der Waals surface area contributed by atoms with Gasteiger partial charge in [-0.25, -0.2) is 8.42 Å². The van der Waals surface area contributed by atoms with Gasteiger partial charge >= 0.3 is 0 Å². The number of carbonyl (C=O) groups is 1. The Balaban J connectivity index is 1.85. The molecule has 0 saturated carbocycles. The molecule has 164 valence electrons. The summed E-state index contributed by atoms with van der Waals surface area (Å²) in [7, 11) is -3.62. The Hall–Kier alpha value is -2.74. The highest BCUT2D eigenvalue weighted by molar-refractivity contribution is 7.92. The van der Waals surface area contributed by atoms with E-state index in [4.69, 9.17) is 9.47 Å². The van der Waals surface area contributed by atoms with Gasteiger partial charge in [-0.3, -0.25) is 9.10 Å². The molecule has 0 fully saturated rings. The molecule has 0 radical (unpaired) electrons. The van der Waals surface area contributed by atoms with E-state index in [1.54, 1.807) is 24.3 Å². The number of ether oxygens (including phenoxy) is 2. The molecule has 30 heavy (non-hydrogen) atoms. The Kier molecular flexibility index (Phi) is 8.98. The Morgan fingerprint density at radius 3 is 2.13 bits per heavy atom. The van der Waals surface area contributed by atoms with Crippen LogP contribution in [0.1, 0.15) is 25.8 Å². The first-order chi connectivity index (χ1) is 14.3. The molecule has 1 N–H and O–H groups in total. The van der Waals surface area contributed by atoms with E-state index >= 15 is 0 Å². The maximum Gasteiger partial charge on any atom is 0.240 e. The second-order valence-corrected chi connectivity index (χ2v) is 8.70. The molecule has 2 rings (SSSR count). The summed E-state index contributed by atoms with van der Waals surface area (Å²) < 4.78 is 36.4. The van der Waals surface area contributed by atoms with Crippen LogP contribution in [-0.2, 0) is 21.2 Å². The largest absolute Gasteiger partial charge is 0.494 e. The van der Waals surface area contributed by atoms with Crippen LogP contribution in [-0.4, -0.2) is 46.9 Å². The first-order valence-corrected chi connectivity index (χ1v) is 11.9. The van der Waals surface area contributed by atoms with Crippen LogP contribution in [0.2, 0.25) is 0 Å². The Morgan fingerprint density at radius 2 is 1.57 bits per heavy atom. The monoisotopic (exact) mass is 434 g/mol. The van der Waals surface area contributed by atoms with Crippen LogP contribution in [0.5, 0.6) is 11.5 Å². The summed E-state index contributed by atoms with van der Waals surface area (Å²) >= 11 is 0. The number of benzene rings is 2. The number of hydrogen-bond donors (Lipinski definition) is 1. The van der Waals surface area contributed by atoms with Crippen LogP contribution in [0, 0.1) is 0 Å². The van der Waals surface area contributed by atoms with Gasteiger partial charge in [-0.1, -0.05) is 25.5 Å². The molecule has 0 saturated heterocycles. The fourth-order valence-corrected chi connectivity index (χ4v) is 3.72. The van der Waals surface area contributed by atoms with Crippen LogP contribution in [0.3, 0.4) is 0 Å². The van der Waals surface area contributed by atoms with Crippen molar-refractivity contribution in [1.29, 1.82) is 0 Å². The standard InChI is InChI=1S/C22H30N2O5S/c1-4-6-18-7-11-21(12-8-18)29-16-15-23-22(25)17-24(30(3,26)27)19-9-13-20(14-10-19)28-5-2/h7-14H,4-6,15-17H2,1-3H3,(H,23,25). The smallest absolute Gasteiger partial charge is 0.240 e. The maximum atomic E-state index is 12.3. The number of hydrogen-bond acceptors (Lipinski definition) is 5. The topological polar surface area (TPSA) is 84.9 Å². The maximum absolute atomic E-state index is 12.3. The first kappa shape index (κ1) is 23.5. The lowest BCUT2D eigenvalue weighted by molar-refractivity contribution is -0.119. The number of aryl methyl sites for hydroxylation is 1. The summed E-state index contributed by atoms with van der Waals surface area (Å²) in [5.74, 6) is 0.964. The van der Waals surface area contributed by atoms with Gasteiger partial charge in [0.1, 0.15) is 24.7 Å². The van der Waals surface area contributed by atoms with E-state index in [0.717, 1.165) is 29.2 Å². The summed E-state index contributed by atoms with van der Waals surface area (Å²) in [6.07, 6.45) is 3.19. The third-order valence-corrected chi connectivity index (χ3v) is 5.42. The molecule has 0 aliphatic carbocycles. The normalized spacial score (nSPS) is 11.0. The molecule has 0 unspecified atom stereocenters. The molecule has 0 heterocycles. The minimum absolute atomic E-state index is 0.274. The highest BCUT2D eigenvalue weighted by Gasteiger charge is 2.20. The summed E-state index contributed by atoms with van der Waals surface area (Å²) in [6, 6.07) is 14.4. The molecule has 2 aromatic carbocycles. The van der Waals surface area contributed by atoms with E-state index in [-0.39, 0.29) is 13.1 Å². The molecular formula is C22H30N2O5S. The van der Waals surface area contributed by atoms with Crippen LogP contribution in [0.15, 0.2) is 48.5 Å². The van der Waals surface area contributed by atoms with Crippen molar-refractivity contribution in [3.8, 4) is 11.5 Å². The van der Waals surface area contributed by atoms with Gasteiger partial charge in [0, 0.05) is 0 Å². The second-order valence-electron chi connectivity index (χ2n) is 6.79.